The molecule has 55 heavy (non-hydrogen) atoms. The zero-order chi connectivity index (χ0) is 40.3. The van der Waals surface area contributed by atoms with Crippen LogP contribution in [0.1, 0.15) is 113 Å². The molecule has 0 aromatic rings. The molecule has 0 bridgehead atoms. The fourth-order valence-electron chi connectivity index (χ4n) is 13.9. The van der Waals surface area contributed by atoms with E-state index in [9.17, 15) is 45.7 Å². The number of aliphatic hydroxyl groups excluding tert-OH is 6. The predicted molar refractivity (Wildman–Crippen MR) is 197 cm³/mol. The summed E-state index contributed by atoms with van der Waals surface area (Å²) in [5.41, 5.74) is -1.75. The van der Waals surface area contributed by atoms with Crippen LogP contribution in [0.2, 0.25) is 0 Å². The van der Waals surface area contributed by atoms with E-state index in [2.05, 4.69) is 39.8 Å². The Bertz CT molecular complexity index is 1500. The molecule has 7 rings (SSSR count). The number of aliphatic carboxylic acids is 1. The van der Waals surface area contributed by atoms with Crippen LogP contribution < -0.4 is 0 Å². The molecule has 314 valence electrons. The minimum Gasteiger partial charge on any atom is -0.481 e. The maximum Gasteiger partial charge on any atom is 0.309 e. The minimum absolute atomic E-state index is 0.0171. The average Bonchev–Trinajstić information content (AvgIpc) is 3.13. The third kappa shape index (κ3) is 6.08. The van der Waals surface area contributed by atoms with Gasteiger partial charge in [-0.25, -0.2) is 0 Å². The topological polar surface area (TPSA) is 228 Å². The van der Waals surface area contributed by atoms with Crippen molar-refractivity contribution in [1.29, 1.82) is 0 Å². The number of hydrogen-bond donors (Lipinski definition) is 8. The molecule has 0 radical (unpaired) electrons. The normalized spacial score (nSPS) is 55.8. The van der Waals surface area contributed by atoms with Gasteiger partial charge in [-0.05, 0) is 111 Å². The van der Waals surface area contributed by atoms with Crippen LogP contribution in [-0.2, 0) is 23.7 Å². The zero-order valence-electron chi connectivity index (χ0n) is 33.6. The molecule has 7 aliphatic rings. The SMILES string of the molecule is C[C@H]1O[C@@H](O[C@H]2[C@H](O[C@H]3CC[C@@]4(C)[C@@H](CC[C@]5(C)[C@@H]4C/C(=N/O)[C@@H]4[C@@H]6CC(C)(C)CC[C@]6(C(=O)O)CC[C@]45C)[C@]3(C)CO)OC[C@H](O)[C@@H]2O)[C@H](O)[C@H](O)[C@H]1O. The molecule has 14 heteroatoms. The first kappa shape index (κ1) is 41.7. The van der Waals surface area contributed by atoms with Gasteiger partial charge in [-0.3, -0.25) is 4.79 Å². The van der Waals surface area contributed by atoms with Crippen LogP contribution in [0.25, 0.3) is 0 Å². The van der Waals surface area contributed by atoms with Gasteiger partial charge in [0.2, 0.25) is 0 Å². The van der Waals surface area contributed by atoms with Gasteiger partial charge in [-0.15, -0.1) is 0 Å². The molecule has 0 unspecified atom stereocenters. The van der Waals surface area contributed by atoms with Crippen molar-refractivity contribution >= 4 is 11.7 Å². The van der Waals surface area contributed by atoms with Crippen molar-refractivity contribution in [1.82, 2.24) is 0 Å². The van der Waals surface area contributed by atoms with Crippen molar-refractivity contribution in [2.24, 2.45) is 61.3 Å². The summed E-state index contributed by atoms with van der Waals surface area (Å²) in [5, 5.41) is 90.0. The van der Waals surface area contributed by atoms with Crippen molar-refractivity contribution in [2.75, 3.05) is 13.2 Å². The Hall–Kier alpha value is -1.46. The quantitative estimate of drug-likeness (QED) is 0.110. The van der Waals surface area contributed by atoms with Gasteiger partial charge in [-0.2, -0.15) is 0 Å². The van der Waals surface area contributed by atoms with Gasteiger partial charge >= 0.3 is 5.97 Å². The van der Waals surface area contributed by atoms with E-state index in [-0.39, 0.29) is 58.5 Å². The first-order valence-corrected chi connectivity index (χ1v) is 20.7. The number of hydrogen-bond acceptors (Lipinski definition) is 13. The first-order chi connectivity index (χ1) is 25.6. The smallest absolute Gasteiger partial charge is 0.309 e. The summed E-state index contributed by atoms with van der Waals surface area (Å²) in [5.74, 6) is -0.966. The van der Waals surface area contributed by atoms with Gasteiger partial charge in [-0.1, -0.05) is 46.7 Å². The molecular weight excluding hydrogens is 714 g/mol. The van der Waals surface area contributed by atoms with Crippen LogP contribution in [0.3, 0.4) is 0 Å². The molecule has 0 amide bonds. The standard InChI is InChI=1S/C41H67NO13/c1-20-28(45)30(47)31(48)33(53-20)55-32-29(46)23(44)18-52-34(32)54-26-9-10-37(4)24(38(26,5)19-43)8-11-39(6)25(37)16-22(42-51)27-21-17-36(2,3)12-14-41(21,35(49)50)15-13-40(27,39)7/h20-21,23-34,43-48,51H,8-19H2,1-7H3,(H,49,50)/b42-22-/t20-,21+,23+,24-,25-,26+,27+,28+,29+,30-,31-,32-,33+,34+,37+,38+,39-,40-,41+/m1/s1. The number of oxime groups is 1. The van der Waals surface area contributed by atoms with Gasteiger partial charge in [0, 0.05) is 11.3 Å². The Kier molecular flexibility index (Phi) is 10.7. The minimum atomic E-state index is -1.65. The summed E-state index contributed by atoms with van der Waals surface area (Å²) < 4.78 is 24.3. The van der Waals surface area contributed by atoms with Crippen LogP contribution in [0.15, 0.2) is 5.16 Å². The second kappa shape index (κ2) is 14.1. The first-order valence-electron chi connectivity index (χ1n) is 20.7. The predicted octanol–water partition coefficient (Wildman–Crippen LogP) is 3.04. The van der Waals surface area contributed by atoms with E-state index < -0.39 is 78.2 Å². The molecule has 14 nitrogen and oxygen atoms in total. The van der Waals surface area contributed by atoms with Gasteiger partial charge in [0.25, 0.3) is 0 Å². The van der Waals surface area contributed by atoms with Gasteiger partial charge < -0.3 is 59.9 Å². The summed E-state index contributed by atoms with van der Waals surface area (Å²) in [6.07, 6.45) is -5.81. The van der Waals surface area contributed by atoms with E-state index >= 15 is 0 Å². The number of ether oxygens (including phenoxy) is 4. The summed E-state index contributed by atoms with van der Waals surface area (Å²) in [6.45, 7) is 14.6. The number of carboxylic acids is 1. The third-order valence-corrected chi connectivity index (χ3v) is 17.5. The molecule has 0 aromatic carbocycles. The monoisotopic (exact) mass is 781 g/mol. The van der Waals surface area contributed by atoms with E-state index in [4.69, 9.17) is 18.9 Å². The van der Waals surface area contributed by atoms with Crippen molar-refractivity contribution in [2.45, 2.75) is 174 Å². The molecule has 0 spiro atoms. The Morgan fingerprint density at radius 3 is 2.16 bits per heavy atom. The molecule has 0 aromatic heterocycles. The van der Waals surface area contributed by atoms with E-state index in [1.165, 1.54) is 6.92 Å². The van der Waals surface area contributed by atoms with Gasteiger partial charge in [0.05, 0.1) is 36.5 Å². The molecular formula is C41H67NO13. The van der Waals surface area contributed by atoms with E-state index in [0.717, 1.165) is 38.5 Å². The van der Waals surface area contributed by atoms with Gasteiger partial charge in [0.1, 0.15) is 36.6 Å². The lowest BCUT2D eigenvalue weighted by Crippen LogP contribution is -2.70. The second-order valence-corrected chi connectivity index (χ2v) is 20.6. The van der Waals surface area contributed by atoms with Crippen molar-refractivity contribution in [3.8, 4) is 0 Å². The number of carbonyl (C=O) groups is 1. The van der Waals surface area contributed by atoms with E-state index in [0.29, 0.717) is 31.4 Å². The van der Waals surface area contributed by atoms with Crippen LogP contribution in [-0.4, -0.2) is 127 Å². The summed E-state index contributed by atoms with van der Waals surface area (Å²) in [7, 11) is 0. The Morgan fingerprint density at radius 2 is 1.51 bits per heavy atom. The van der Waals surface area contributed by atoms with E-state index in [1.54, 1.807) is 0 Å². The highest BCUT2D eigenvalue weighted by molar-refractivity contribution is 5.90. The maximum absolute atomic E-state index is 13.2. The lowest BCUT2D eigenvalue weighted by atomic mass is 9.31. The molecule has 7 fully saturated rings. The van der Waals surface area contributed by atoms with Crippen LogP contribution in [0.5, 0.6) is 0 Å². The summed E-state index contributed by atoms with van der Waals surface area (Å²) in [4.78, 5) is 13.2. The van der Waals surface area contributed by atoms with Crippen molar-refractivity contribution in [3.05, 3.63) is 0 Å². The highest BCUT2D eigenvalue weighted by Gasteiger charge is 2.73. The number of rotatable bonds is 6. The number of carboxylic acid groups (broad SMARTS) is 1. The molecule has 8 N–H and O–H groups in total. The molecule has 2 saturated heterocycles. The number of nitrogens with zero attached hydrogens (tertiary/aromatic N) is 1. The van der Waals surface area contributed by atoms with E-state index in [1.807, 2.05) is 6.92 Å². The molecule has 19 atom stereocenters. The van der Waals surface area contributed by atoms with Crippen LogP contribution in [0.4, 0.5) is 0 Å². The Labute approximate surface area is 324 Å². The van der Waals surface area contributed by atoms with Crippen LogP contribution in [0, 0.1) is 56.2 Å². The molecule has 2 aliphatic heterocycles. The zero-order valence-corrected chi connectivity index (χ0v) is 33.6. The number of fused-ring (bicyclic) bond motifs is 7. The Balaban J connectivity index is 1.17. The van der Waals surface area contributed by atoms with Crippen LogP contribution >= 0.6 is 0 Å². The fraction of sp³-hybridized carbons (Fsp3) is 0.951. The number of aliphatic hydroxyl groups is 6. The van der Waals surface area contributed by atoms with Crippen molar-refractivity contribution < 1.29 is 64.7 Å². The Morgan fingerprint density at radius 1 is 0.818 bits per heavy atom. The molecule has 5 aliphatic carbocycles. The van der Waals surface area contributed by atoms with Crippen molar-refractivity contribution in [3.63, 3.8) is 0 Å². The molecule has 5 saturated carbocycles. The average molecular weight is 782 g/mol. The maximum atomic E-state index is 13.2. The highest BCUT2D eigenvalue weighted by atomic mass is 16.8. The lowest BCUT2D eigenvalue weighted by molar-refractivity contribution is -0.366. The second-order valence-electron chi connectivity index (χ2n) is 20.6. The summed E-state index contributed by atoms with van der Waals surface area (Å²) in [6, 6.07) is 0. The fourth-order valence-corrected chi connectivity index (χ4v) is 13.9. The van der Waals surface area contributed by atoms with Gasteiger partial charge in [0.15, 0.2) is 12.6 Å². The molecule has 2 heterocycles. The lowest BCUT2D eigenvalue weighted by Gasteiger charge is -2.73. The third-order valence-electron chi connectivity index (χ3n) is 17.5. The summed E-state index contributed by atoms with van der Waals surface area (Å²) >= 11 is 0. The highest BCUT2D eigenvalue weighted by Crippen LogP contribution is 2.76. The largest absolute Gasteiger partial charge is 0.481 e.